The van der Waals surface area contributed by atoms with Crippen molar-refractivity contribution in [2.24, 2.45) is 0 Å². The van der Waals surface area contributed by atoms with E-state index in [2.05, 4.69) is 10.3 Å². The molecule has 2 aromatic heterocycles. The van der Waals surface area contributed by atoms with E-state index < -0.39 is 5.97 Å². The number of aromatic nitrogens is 2. The van der Waals surface area contributed by atoms with Gasteiger partial charge in [-0.15, -0.1) is 11.3 Å². The molecule has 28 heavy (non-hydrogen) atoms. The fourth-order valence-corrected chi connectivity index (χ4v) is 3.92. The molecular formula is C20H21N3O4S. The van der Waals surface area contributed by atoms with Crippen molar-refractivity contribution in [3.05, 3.63) is 57.0 Å². The number of esters is 1. The van der Waals surface area contributed by atoms with Gasteiger partial charge in [0, 0.05) is 5.69 Å². The first-order chi connectivity index (χ1) is 13.4. The first kappa shape index (κ1) is 19.8. The summed E-state index contributed by atoms with van der Waals surface area (Å²) in [7, 11) is 0. The second-order valence-corrected chi connectivity index (χ2v) is 7.24. The van der Waals surface area contributed by atoms with Crippen LogP contribution in [0.3, 0.4) is 0 Å². The summed E-state index contributed by atoms with van der Waals surface area (Å²) in [6.45, 7) is 5.54. The van der Waals surface area contributed by atoms with Gasteiger partial charge in [0.1, 0.15) is 16.3 Å². The smallest absolute Gasteiger partial charge is 0.348 e. The highest BCUT2D eigenvalue weighted by Gasteiger charge is 2.20. The van der Waals surface area contributed by atoms with Crippen LogP contribution in [-0.4, -0.2) is 28.0 Å². The largest absolute Gasteiger partial charge is 0.462 e. The second kappa shape index (κ2) is 8.35. The molecule has 146 valence electrons. The van der Waals surface area contributed by atoms with Gasteiger partial charge in [0.2, 0.25) is 5.91 Å². The Balaban J connectivity index is 1.86. The molecule has 3 aromatic rings. The zero-order valence-corrected chi connectivity index (χ0v) is 16.8. The number of carbonyl (C=O) groups excluding carboxylic acids is 2. The first-order valence-corrected chi connectivity index (χ1v) is 9.80. The molecule has 0 fully saturated rings. The molecule has 0 aliphatic carbocycles. The highest BCUT2D eigenvalue weighted by Crippen LogP contribution is 2.27. The Hall–Kier alpha value is -3.00. The van der Waals surface area contributed by atoms with Gasteiger partial charge >= 0.3 is 5.97 Å². The Morgan fingerprint density at radius 3 is 2.79 bits per heavy atom. The molecule has 3 rings (SSSR count). The third-order valence-electron chi connectivity index (χ3n) is 4.31. The Morgan fingerprint density at radius 1 is 1.29 bits per heavy atom. The SMILES string of the molecule is CCOC(=O)c1sc2ncn(CC(=O)Nc3cccc(CC)c3)c(=O)c2c1C. The number of carbonyl (C=O) groups is 2. The van der Waals surface area contributed by atoms with Crippen LogP contribution in [0.2, 0.25) is 0 Å². The van der Waals surface area contributed by atoms with E-state index in [1.807, 2.05) is 25.1 Å². The Bertz CT molecular complexity index is 1100. The number of benzene rings is 1. The summed E-state index contributed by atoms with van der Waals surface area (Å²) in [4.78, 5) is 42.3. The third kappa shape index (κ3) is 3.96. The zero-order chi connectivity index (χ0) is 20.3. The van der Waals surface area contributed by atoms with Crippen molar-refractivity contribution in [1.29, 1.82) is 0 Å². The van der Waals surface area contributed by atoms with Crippen molar-refractivity contribution in [2.45, 2.75) is 33.7 Å². The fourth-order valence-electron chi connectivity index (χ4n) is 2.89. The lowest BCUT2D eigenvalue weighted by Gasteiger charge is -2.08. The minimum atomic E-state index is -0.470. The normalized spacial score (nSPS) is 10.8. The van der Waals surface area contributed by atoms with Crippen molar-refractivity contribution < 1.29 is 14.3 Å². The molecule has 1 aromatic carbocycles. The standard InChI is InChI=1S/C20H21N3O4S/c1-4-13-7-6-8-14(9-13)22-15(24)10-23-11-21-18-16(19(23)25)12(3)17(28-18)20(26)27-5-2/h6-9,11H,4-5,10H2,1-3H3,(H,22,24). The van der Waals surface area contributed by atoms with Gasteiger partial charge in [-0.1, -0.05) is 19.1 Å². The van der Waals surface area contributed by atoms with Gasteiger partial charge in [0.25, 0.3) is 5.56 Å². The van der Waals surface area contributed by atoms with Crippen LogP contribution in [0.5, 0.6) is 0 Å². The topological polar surface area (TPSA) is 90.3 Å². The van der Waals surface area contributed by atoms with E-state index in [9.17, 15) is 14.4 Å². The molecule has 0 radical (unpaired) electrons. The summed E-state index contributed by atoms with van der Waals surface area (Å²) in [5.74, 6) is -0.794. The third-order valence-corrected chi connectivity index (χ3v) is 5.49. The van der Waals surface area contributed by atoms with E-state index in [1.165, 1.54) is 10.9 Å². The summed E-state index contributed by atoms with van der Waals surface area (Å²) >= 11 is 1.12. The highest BCUT2D eigenvalue weighted by atomic mass is 32.1. The Morgan fingerprint density at radius 2 is 2.07 bits per heavy atom. The first-order valence-electron chi connectivity index (χ1n) is 8.99. The van der Waals surface area contributed by atoms with Crippen LogP contribution < -0.4 is 10.9 Å². The van der Waals surface area contributed by atoms with Crippen LogP contribution in [0.25, 0.3) is 10.2 Å². The monoisotopic (exact) mass is 399 g/mol. The average molecular weight is 399 g/mol. The molecule has 0 aliphatic rings. The van der Waals surface area contributed by atoms with Crippen molar-refractivity contribution in [3.63, 3.8) is 0 Å². The second-order valence-electron chi connectivity index (χ2n) is 6.24. The van der Waals surface area contributed by atoms with Gasteiger partial charge in [0.15, 0.2) is 0 Å². The van der Waals surface area contributed by atoms with Crippen molar-refractivity contribution >= 4 is 39.1 Å². The molecule has 8 heteroatoms. The van der Waals surface area contributed by atoms with Crippen LogP contribution >= 0.6 is 11.3 Å². The number of nitrogens with one attached hydrogen (secondary N) is 1. The molecule has 7 nitrogen and oxygen atoms in total. The molecule has 0 saturated heterocycles. The summed E-state index contributed by atoms with van der Waals surface area (Å²) in [5.41, 5.74) is 1.97. The van der Waals surface area contributed by atoms with Crippen molar-refractivity contribution in [2.75, 3.05) is 11.9 Å². The molecule has 1 N–H and O–H groups in total. The van der Waals surface area contributed by atoms with Gasteiger partial charge in [-0.3, -0.25) is 14.2 Å². The summed E-state index contributed by atoms with van der Waals surface area (Å²) in [6, 6.07) is 7.56. The molecule has 0 atom stereocenters. The molecule has 0 spiro atoms. The molecule has 0 saturated carbocycles. The average Bonchev–Trinajstić information content (AvgIpc) is 3.01. The van der Waals surface area contributed by atoms with Gasteiger partial charge in [0.05, 0.1) is 18.3 Å². The number of rotatable bonds is 6. The van der Waals surface area contributed by atoms with Gasteiger partial charge in [-0.05, 0) is 43.5 Å². The van der Waals surface area contributed by atoms with Crippen LogP contribution in [-0.2, 0) is 22.5 Å². The van der Waals surface area contributed by atoms with Gasteiger partial charge < -0.3 is 10.1 Å². The quantitative estimate of drug-likeness (QED) is 0.643. The van der Waals surface area contributed by atoms with E-state index in [0.717, 1.165) is 23.3 Å². The Labute approximate surface area is 166 Å². The van der Waals surface area contributed by atoms with Crippen molar-refractivity contribution in [1.82, 2.24) is 9.55 Å². The maximum atomic E-state index is 12.8. The fraction of sp³-hybridized carbons (Fsp3) is 0.300. The number of hydrogen-bond donors (Lipinski definition) is 1. The van der Waals surface area contributed by atoms with Gasteiger partial charge in [-0.25, -0.2) is 9.78 Å². The molecule has 0 aliphatic heterocycles. The minimum Gasteiger partial charge on any atom is -0.462 e. The number of amides is 1. The maximum absolute atomic E-state index is 12.8. The van der Waals surface area contributed by atoms with Crippen LogP contribution in [0, 0.1) is 6.92 Å². The van der Waals surface area contributed by atoms with Crippen LogP contribution in [0.15, 0.2) is 35.4 Å². The number of hydrogen-bond acceptors (Lipinski definition) is 6. The highest BCUT2D eigenvalue weighted by molar-refractivity contribution is 7.20. The van der Waals surface area contributed by atoms with E-state index in [-0.39, 0.29) is 24.6 Å². The molecule has 1 amide bonds. The molecular weight excluding hydrogens is 378 g/mol. The van der Waals surface area contributed by atoms with Crippen molar-refractivity contribution in [3.8, 4) is 0 Å². The summed E-state index contributed by atoms with van der Waals surface area (Å²) in [5, 5.41) is 3.14. The van der Waals surface area contributed by atoms with Gasteiger partial charge in [-0.2, -0.15) is 0 Å². The lowest BCUT2D eigenvalue weighted by Crippen LogP contribution is -2.28. The van der Waals surface area contributed by atoms with E-state index in [4.69, 9.17) is 4.74 Å². The summed E-state index contributed by atoms with van der Waals surface area (Å²) in [6.07, 6.45) is 2.20. The van der Waals surface area contributed by atoms with Crippen LogP contribution in [0.1, 0.15) is 34.6 Å². The summed E-state index contributed by atoms with van der Waals surface area (Å²) < 4.78 is 6.27. The lowest BCUT2D eigenvalue weighted by molar-refractivity contribution is -0.116. The maximum Gasteiger partial charge on any atom is 0.348 e. The molecule has 2 heterocycles. The lowest BCUT2D eigenvalue weighted by atomic mass is 10.1. The van der Waals surface area contributed by atoms with E-state index in [1.54, 1.807) is 19.9 Å². The zero-order valence-electron chi connectivity index (χ0n) is 15.9. The molecule has 0 unspecified atom stereocenters. The Kier molecular flexibility index (Phi) is 5.89. The number of aryl methyl sites for hydroxylation is 2. The number of thiophene rings is 1. The minimum absolute atomic E-state index is 0.165. The number of nitrogens with zero attached hydrogens (tertiary/aromatic N) is 2. The van der Waals surface area contributed by atoms with E-state index in [0.29, 0.717) is 26.3 Å². The molecule has 0 bridgehead atoms. The number of anilines is 1. The van der Waals surface area contributed by atoms with E-state index >= 15 is 0 Å². The number of fused-ring (bicyclic) bond motifs is 1. The number of ether oxygens (including phenoxy) is 1. The predicted molar refractivity (Wildman–Crippen MR) is 109 cm³/mol. The predicted octanol–water partition coefficient (Wildman–Crippen LogP) is 3.14. The van der Waals surface area contributed by atoms with Crippen LogP contribution in [0.4, 0.5) is 5.69 Å².